The summed E-state index contributed by atoms with van der Waals surface area (Å²) in [5.41, 5.74) is 1.83. The van der Waals surface area contributed by atoms with Crippen LogP contribution < -0.4 is 0 Å². The van der Waals surface area contributed by atoms with Crippen molar-refractivity contribution in [3.05, 3.63) is 41.7 Å². The third kappa shape index (κ3) is 2.92. The number of hydrogen-bond donors (Lipinski definition) is 0. The van der Waals surface area contributed by atoms with Gasteiger partial charge in [0.2, 0.25) is 0 Å². The molecule has 1 heterocycles. The summed E-state index contributed by atoms with van der Waals surface area (Å²) in [7, 11) is -0.587. The molecule has 0 saturated heterocycles. The molecule has 2 rings (SSSR count). The van der Waals surface area contributed by atoms with E-state index in [1.165, 1.54) is 20.5 Å². The fraction of sp³-hybridized carbons (Fsp3) is 0.467. The van der Waals surface area contributed by atoms with Crippen LogP contribution in [0.1, 0.15) is 31.2 Å². The minimum atomic E-state index is -3.34. The Labute approximate surface area is 126 Å². The number of hydrogen-bond acceptors (Lipinski definition) is 5. The summed E-state index contributed by atoms with van der Waals surface area (Å²) in [5.74, 6) is 0. The predicted octanol–water partition coefficient (Wildman–Crippen LogP) is 3.84. The molecule has 0 amide bonds. The second-order valence-electron chi connectivity index (χ2n) is 4.66. The summed E-state index contributed by atoms with van der Waals surface area (Å²) in [6, 6.07) is 7.77. The summed E-state index contributed by atoms with van der Waals surface area (Å²) >= 11 is 0. The zero-order valence-corrected chi connectivity index (χ0v) is 13.8. The number of nitrogens with zero attached hydrogens (tertiary/aromatic N) is 1. The van der Waals surface area contributed by atoms with Crippen molar-refractivity contribution in [3.63, 3.8) is 0 Å². The van der Waals surface area contributed by atoms with Crippen molar-refractivity contribution in [2.45, 2.75) is 20.1 Å². The fourth-order valence-corrected chi connectivity index (χ4v) is 3.76. The first-order chi connectivity index (χ1) is 10.1. The molecule has 1 atom stereocenters. The normalized spacial score (nSPS) is 18.1. The van der Waals surface area contributed by atoms with Crippen molar-refractivity contribution in [2.24, 2.45) is 0 Å². The van der Waals surface area contributed by atoms with Crippen molar-refractivity contribution >= 4 is 12.9 Å². The van der Waals surface area contributed by atoms with Crippen molar-refractivity contribution in [1.29, 1.82) is 0 Å². The molecule has 5 nitrogen and oxygen atoms in total. The zero-order chi connectivity index (χ0) is 15.5. The SMILES string of the molecule is CCN(CC)C1OC=C(P(=O)(OC)OC)c2ccccc21. The largest absolute Gasteiger partial charge is 0.478 e. The van der Waals surface area contributed by atoms with Gasteiger partial charge in [0.1, 0.15) is 11.6 Å². The number of fused-ring (bicyclic) bond motifs is 1. The Bertz CT molecular complexity index is 561. The molecule has 0 saturated carbocycles. The van der Waals surface area contributed by atoms with Gasteiger partial charge in [-0.05, 0) is 13.1 Å². The first-order valence-corrected chi connectivity index (χ1v) is 8.56. The first kappa shape index (κ1) is 16.2. The standard InChI is InChI=1S/C15H22NO4P/c1-5-16(6-2)15-13-10-8-7-9-12(13)14(11-20-15)21(17,18-3)19-4/h7-11,15H,5-6H2,1-4H3. The van der Waals surface area contributed by atoms with E-state index in [1.807, 2.05) is 24.3 Å². The minimum absolute atomic E-state index is 0.179. The average molecular weight is 311 g/mol. The van der Waals surface area contributed by atoms with Gasteiger partial charge >= 0.3 is 7.60 Å². The maximum atomic E-state index is 12.7. The van der Waals surface area contributed by atoms with Gasteiger partial charge in [-0.2, -0.15) is 0 Å². The van der Waals surface area contributed by atoms with E-state index in [1.54, 1.807) is 0 Å². The highest BCUT2D eigenvalue weighted by Gasteiger charge is 2.36. The molecule has 0 aromatic heterocycles. The topological polar surface area (TPSA) is 48.0 Å². The summed E-state index contributed by atoms with van der Waals surface area (Å²) in [5, 5.41) is 0.464. The van der Waals surface area contributed by atoms with Crippen molar-refractivity contribution in [1.82, 2.24) is 4.90 Å². The first-order valence-electron chi connectivity index (χ1n) is 7.02. The molecule has 0 spiro atoms. The van der Waals surface area contributed by atoms with Gasteiger partial charge in [-0.15, -0.1) is 0 Å². The third-order valence-electron chi connectivity index (χ3n) is 3.73. The van der Waals surface area contributed by atoms with E-state index in [2.05, 4.69) is 18.7 Å². The fourth-order valence-electron chi connectivity index (χ4n) is 2.53. The van der Waals surface area contributed by atoms with E-state index in [4.69, 9.17) is 13.8 Å². The van der Waals surface area contributed by atoms with Crippen LogP contribution in [0.25, 0.3) is 5.31 Å². The van der Waals surface area contributed by atoms with Gasteiger partial charge in [0.25, 0.3) is 0 Å². The van der Waals surface area contributed by atoms with Crippen LogP contribution in [-0.4, -0.2) is 32.2 Å². The van der Waals surface area contributed by atoms with Crippen LogP contribution in [0.2, 0.25) is 0 Å². The van der Waals surface area contributed by atoms with Crippen LogP contribution in [0.4, 0.5) is 0 Å². The molecule has 1 aliphatic rings. The summed E-state index contributed by atoms with van der Waals surface area (Å²) in [6.45, 7) is 5.91. The monoisotopic (exact) mass is 311 g/mol. The van der Waals surface area contributed by atoms with Gasteiger partial charge in [0.05, 0.1) is 0 Å². The van der Waals surface area contributed by atoms with Crippen molar-refractivity contribution in [3.8, 4) is 0 Å². The van der Waals surface area contributed by atoms with Crippen LogP contribution in [0, 0.1) is 0 Å². The smallest absolute Gasteiger partial charge is 0.364 e. The third-order valence-corrected chi connectivity index (χ3v) is 5.63. The average Bonchev–Trinajstić information content (AvgIpc) is 2.55. The number of ether oxygens (including phenoxy) is 1. The molecule has 6 heteroatoms. The van der Waals surface area contributed by atoms with Crippen LogP contribution in [-0.2, 0) is 18.3 Å². The highest BCUT2D eigenvalue weighted by Crippen LogP contribution is 2.61. The molecule has 1 unspecified atom stereocenters. The molecular weight excluding hydrogens is 289 g/mol. The van der Waals surface area contributed by atoms with E-state index in [0.717, 1.165) is 24.2 Å². The van der Waals surface area contributed by atoms with Crippen LogP contribution >= 0.6 is 7.60 Å². The van der Waals surface area contributed by atoms with Gasteiger partial charge in [-0.3, -0.25) is 9.46 Å². The Morgan fingerprint density at radius 1 is 1.19 bits per heavy atom. The molecule has 116 valence electrons. The Balaban J connectivity index is 2.50. The summed E-state index contributed by atoms with van der Waals surface area (Å²) < 4.78 is 28.7. The molecule has 1 aliphatic heterocycles. The molecule has 1 aromatic rings. The van der Waals surface area contributed by atoms with E-state index < -0.39 is 7.60 Å². The van der Waals surface area contributed by atoms with E-state index >= 15 is 0 Å². The summed E-state index contributed by atoms with van der Waals surface area (Å²) in [4.78, 5) is 2.19. The van der Waals surface area contributed by atoms with E-state index in [0.29, 0.717) is 5.31 Å². The Morgan fingerprint density at radius 3 is 2.38 bits per heavy atom. The van der Waals surface area contributed by atoms with Crippen LogP contribution in [0.15, 0.2) is 30.5 Å². The maximum absolute atomic E-state index is 12.7. The molecule has 0 fully saturated rings. The molecule has 21 heavy (non-hydrogen) atoms. The van der Waals surface area contributed by atoms with E-state index in [9.17, 15) is 4.57 Å². The van der Waals surface area contributed by atoms with Gasteiger partial charge in [-0.25, -0.2) is 0 Å². The molecule has 0 N–H and O–H groups in total. The minimum Gasteiger partial charge on any atom is -0.478 e. The molecule has 0 radical (unpaired) electrons. The maximum Gasteiger partial charge on any atom is 0.364 e. The molecule has 1 aromatic carbocycles. The lowest BCUT2D eigenvalue weighted by molar-refractivity contribution is -0.00663. The quantitative estimate of drug-likeness (QED) is 0.747. The second-order valence-corrected chi connectivity index (χ2v) is 6.87. The lowest BCUT2D eigenvalue weighted by Gasteiger charge is -2.34. The number of rotatable bonds is 6. The van der Waals surface area contributed by atoms with Gasteiger partial charge < -0.3 is 13.8 Å². The van der Waals surface area contributed by atoms with Crippen molar-refractivity contribution < 1.29 is 18.3 Å². The van der Waals surface area contributed by atoms with Gasteiger partial charge in [0, 0.05) is 25.3 Å². The number of benzene rings is 1. The van der Waals surface area contributed by atoms with Gasteiger partial charge in [-0.1, -0.05) is 38.1 Å². The zero-order valence-electron chi connectivity index (χ0n) is 12.9. The molecule has 0 bridgehead atoms. The Kier molecular flexibility index (Phi) is 5.22. The van der Waals surface area contributed by atoms with Crippen LogP contribution in [0.3, 0.4) is 0 Å². The Morgan fingerprint density at radius 2 is 1.81 bits per heavy atom. The lowest BCUT2D eigenvalue weighted by atomic mass is 10.0. The second kappa shape index (κ2) is 6.75. The Hall–Kier alpha value is -1.13. The highest BCUT2D eigenvalue weighted by molar-refractivity contribution is 7.65. The molecule has 0 aliphatic carbocycles. The summed E-state index contributed by atoms with van der Waals surface area (Å²) in [6.07, 6.45) is 1.33. The highest BCUT2D eigenvalue weighted by atomic mass is 31.2. The van der Waals surface area contributed by atoms with E-state index in [-0.39, 0.29) is 6.23 Å². The van der Waals surface area contributed by atoms with Crippen LogP contribution in [0.5, 0.6) is 0 Å². The van der Waals surface area contributed by atoms with Crippen molar-refractivity contribution in [2.75, 3.05) is 27.3 Å². The molecular formula is C15H22NO4P. The van der Waals surface area contributed by atoms with Gasteiger partial charge in [0.15, 0.2) is 6.23 Å². The predicted molar refractivity (Wildman–Crippen MR) is 82.8 cm³/mol. The lowest BCUT2D eigenvalue weighted by Crippen LogP contribution is -2.31.